The van der Waals surface area contributed by atoms with Crippen LogP contribution in [0.25, 0.3) is 0 Å². The first-order valence-corrected chi connectivity index (χ1v) is 12.9. The molecule has 0 aliphatic carbocycles. The number of nitrogens with one attached hydrogen (secondary N) is 1. The van der Waals surface area contributed by atoms with Crippen molar-refractivity contribution >= 4 is 10.0 Å². The minimum Gasteiger partial charge on any atom is -0.324 e. The Morgan fingerprint density at radius 3 is 1.69 bits per heavy atom. The quantitative estimate of drug-likeness (QED) is 0.246. The van der Waals surface area contributed by atoms with Gasteiger partial charge in [0.05, 0.1) is 31.9 Å². The largest absolute Gasteiger partial charge is 0.324 e. The summed E-state index contributed by atoms with van der Waals surface area (Å²) in [5, 5.41) is 0. The standard InChI is InChI=1S/C21H47N2O2S/c1-5-9-10-11-12-13-14-15-16-21-26(24,25)22-18-17-20-23(7-3,8-4)19-6-2/h22H,5-21H2,1-4H3/q+1. The molecule has 0 amide bonds. The maximum Gasteiger partial charge on any atom is 0.211 e. The van der Waals surface area contributed by atoms with Crippen LogP contribution in [0.5, 0.6) is 0 Å². The number of rotatable bonds is 19. The maximum absolute atomic E-state index is 12.1. The molecule has 0 atom stereocenters. The zero-order chi connectivity index (χ0) is 19.7. The number of sulfonamides is 1. The van der Waals surface area contributed by atoms with Gasteiger partial charge >= 0.3 is 0 Å². The molecule has 4 nitrogen and oxygen atoms in total. The lowest BCUT2D eigenvalue weighted by atomic mass is 10.1. The molecular formula is C21H47N2O2S+. The van der Waals surface area contributed by atoms with Gasteiger partial charge < -0.3 is 4.48 Å². The predicted octanol–water partition coefficient (Wildman–Crippen LogP) is 5.09. The third-order valence-corrected chi connectivity index (χ3v) is 7.16. The van der Waals surface area contributed by atoms with E-state index in [0.29, 0.717) is 12.3 Å². The number of hydrogen-bond acceptors (Lipinski definition) is 2. The molecule has 5 heteroatoms. The van der Waals surface area contributed by atoms with Crippen LogP contribution in [0, 0.1) is 0 Å². The fourth-order valence-corrected chi connectivity index (χ4v) is 4.94. The van der Waals surface area contributed by atoms with E-state index in [1.54, 1.807) is 0 Å². The van der Waals surface area contributed by atoms with Crippen LogP contribution in [-0.2, 0) is 10.0 Å². The SMILES string of the molecule is CCCCCCCCCCCS(=O)(=O)NCCC[N+](CC)(CC)CCC. The van der Waals surface area contributed by atoms with Gasteiger partial charge in [-0.15, -0.1) is 0 Å². The molecule has 0 rings (SSSR count). The van der Waals surface area contributed by atoms with E-state index in [9.17, 15) is 8.42 Å². The molecule has 0 unspecified atom stereocenters. The van der Waals surface area contributed by atoms with Crippen molar-refractivity contribution in [2.45, 2.75) is 98.3 Å². The topological polar surface area (TPSA) is 46.2 Å². The van der Waals surface area contributed by atoms with Crippen molar-refractivity contribution in [3.05, 3.63) is 0 Å². The summed E-state index contributed by atoms with van der Waals surface area (Å²) in [4.78, 5) is 0. The second kappa shape index (κ2) is 15.9. The third kappa shape index (κ3) is 13.1. The Balaban J connectivity index is 3.78. The summed E-state index contributed by atoms with van der Waals surface area (Å²) < 4.78 is 28.1. The fraction of sp³-hybridized carbons (Fsp3) is 1.00. The highest BCUT2D eigenvalue weighted by atomic mass is 32.2. The molecule has 0 saturated heterocycles. The van der Waals surface area contributed by atoms with Crippen LogP contribution >= 0.6 is 0 Å². The van der Waals surface area contributed by atoms with Gasteiger partial charge in [-0.1, -0.05) is 65.2 Å². The predicted molar refractivity (Wildman–Crippen MR) is 115 cm³/mol. The Kier molecular flexibility index (Phi) is 15.8. The van der Waals surface area contributed by atoms with Crippen molar-refractivity contribution < 1.29 is 12.9 Å². The summed E-state index contributed by atoms with van der Waals surface area (Å²) in [6, 6.07) is 0. The molecular weight excluding hydrogens is 344 g/mol. The summed E-state index contributed by atoms with van der Waals surface area (Å²) in [6.07, 6.45) is 13.0. The van der Waals surface area contributed by atoms with E-state index in [-0.39, 0.29) is 0 Å². The smallest absolute Gasteiger partial charge is 0.211 e. The van der Waals surface area contributed by atoms with Crippen LogP contribution in [0.3, 0.4) is 0 Å². The number of hydrogen-bond donors (Lipinski definition) is 1. The Morgan fingerprint density at radius 1 is 0.654 bits per heavy atom. The monoisotopic (exact) mass is 391 g/mol. The van der Waals surface area contributed by atoms with Gasteiger partial charge in [0.25, 0.3) is 0 Å². The van der Waals surface area contributed by atoms with Crippen molar-refractivity contribution in [1.82, 2.24) is 4.72 Å². The highest BCUT2D eigenvalue weighted by molar-refractivity contribution is 7.89. The van der Waals surface area contributed by atoms with E-state index in [2.05, 4.69) is 32.4 Å². The molecule has 0 aromatic rings. The second-order valence-electron chi connectivity index (χ2n) is 7.82. The van der Waals surface area contributed by atoms with E-state index in [1.165, 1.54) is 57.9 Å². The van der Waals surface area contributed by atoms with Gasteiger partial charge in [0, 0.05) is 13.0 Å². The molecule has 0 saturated carbocycles. The van der Waals surface area contributed by atoms with Crippen molar-refractivity contribution in [3.8, 4) is 0 Å². The molecule has 0 heterocycles. The minimum atomic E-state index is -3.09. The van der Waals surface area contributed by atoms with Gasteiger partial charge in [-0.05, 0) is 26.7 Å². The van der Waals surface area contributed by atoms with Gasteiger partial charge in [-0.25, -0.2) is 13.1 Å². The summed E-state index contributed by atoms with van der Waals surface area (Å²) in [6.45, 7) is 14.1. The minimum absolute atomic E-state index is 0.291. The summed E-state index contributed by atoms with van der Waals surface area (Å²) in [5.74, 6) is 0.291. The van der Waals surface area contributed by atoms with Crippen LogP contribution in [0.15, 0.2) is 0 Å². The molecule has 0 aliphatic heterocycles. The van der Waals surface area contributed by atoms with Gasteiger partial charge in [-0.2, -0.15) is 0 Å². The first-order chi connectivity index (χ1) is 12.4. The van der Waals surface area contributed by atoms with Crippen LogP contribution in [0.2, 0.25) is 0 Å². The van der Waals surface area contributed by atoms with Gasteiger partial charge in [0.1, 0.15) is 0 Å². The normalized spacial score (nSPS) is 12.6. The van der Waals surface area contributed by atoms with Gasteiger partial charge in [0.15, 0.2) is 0 Å². The van der Waals surface area contributed by atoms with Crippen molar-refractivity contribution in [1.29, 1.82) is 0 Å². The van der Waals surface area contributed by atoms with Crippen LogP contribution < -0.4 is 4.72 Å². The van der Waals surface area contributed by atoms with Crippen LogP contribution in [-0.4, -0.2) is 51.4 Å². The summed E-state index contributed by atoms with van der Waals surface area (Å²) in [7, 11) is -3.09. The van der Waals surface area contributed by atoms with Gasteiger partial charge in [-0.3, -0.25) is 0 Å². The zero-order valence-electron chi connectivity index (χ0n) is 18.2. The van der Waals surface area contributed by atoms with Crippen molar-refractivity contribution in [2.24, 2.45) is 0 Å². The first kappa shape index (κ1) is 25.9. The molecule has 0 aromatic carbocycles. The lowest BCUT2D eigenvalue weighted by Crippen LogP contribution is -2.49. The Hall–Kier alpha value is -0.130. The number of nitrogens with zero attached hydrogens (tertiary/aromatic N) is 1. The molecule has 0 radical (unpaired) electrons. The lowest BCUT2D eigenvalue weighted by molar-refractivity contribution is -0.925. The van der Waals surface area contributed by atoms with E-state index < -0.39 is 10.0 Å². The van der Waals surface area contributed by atoms with E-state index in [1.807, 2.05) is 0 Å². The summed E-state index contributed by atoms with van der Waals surface area (Å²) >= 11 is 0. The molecule has 0 spiro atoms. The van der Waals surface area contributed by atoms with E-state index in [0.717, 1.165) is 43.4 Å². The molecule has 1 N–H and O–H groups in total. The Morgan fingerprint density at radius 2 is 1.19 bits per heavy atom. The molecule has 0 fully saturated rings. The second-order valence-corrected chi connectivity index (χ2v) is 9.74. The number of quaternary nitrogens is 1. The zero-order valence-corrected chi connectivity index (χ0v) is 19.0. The highest BCUT2D eigenvalue weighted by Crippen LogP contribution is 2.11. The molecule has 0 aliphatic rings. The Labute approximate surface area is 164 Å². The fourth-order valence-electron chi connectivity index (χ4n) is 3.76. The molecule has 0 bridgehead atoms. The van der Waals surface area contributed by atoms with E-state index in [4.69, 9.17) is 0 Å². The Bertz CT molecular complexity index is 406. The van der Waals surface area contributed by atoms with Crippen LogP contribution in [0.4, 0.5) is 0 Å². The van der Waals surface area contributed by atoms with E-state index >= 15 is 0 Å². The first-order valence-electron chi connectivity index (χ1n) is 11.3. The number of unbranched alkanes of at least 4 members (excludes halogenated alkanes) is 8. The third-order valence-electron chi connectivity index (χ3n) is 5.69. The van der Waals surface area contributed by atoms with Crippen molar-refractivity contribution in [3.63, 3.8) is 0 Å². The van der Waals surface area contributed by atoms with Crippen LogP contribution in [0.1, 0.15) is 98.3 Å². The molecule has 26 heavy (non-hydrogen) atoms. The van der Waals surface area contributed by atoms with Gasteiger partial charge in [0.2, 0.25) is 10.0 Å². The lowest BCUT2D eigenvalue weighted by Gasteiger charge is -2.36. The maximum atomic E-state index is 12.1. The average molecular weight is 392 g/mol. The summed E-state index contributed by atoms with van der Waals surface area (Å²) in [5.41, 5.74) is 0. The highest BCUT2D eigenvalue weighted by Gasteiger charge is 2.21. The molecule has 158 valence electrons. The molecule has 0 aromatic heterocycles. The van der Waals surface area contributed by atoms with Crippen molar-refractivity contribution in [2.75, 3.05) is 38.5 Å². The average Bonchev–Trinajstić information content (AvgIpc) is 2.63.